The standard InChI is InChI=1S/C74H108F8N12O13/c1-15-42(8)63(92(12)71(102)61(40(4)5)90-70(101)62(41(6)7)91(10)11)51(105-13)36-54(96)94-33-20-25-50(94)64(106-14)43(9)66(97)88-49(34-44-22-17-16-18-23-44)67(98)85-37-45-27-29-47(30-28-45)86-68(99)48(24-19-31-84-73(83)104)87-69(100)60(39(2)3)89-53(95)26-21-32-93-38-46(35-52(93)74(80,81)82)72(103)107-65-58(78)56(76)55(75)57(77)59(65)79/h16-18,22-23,27-30,39-43,46,48-52,60-64,69,87,100H,15,19-21,24-26,31-38H2,1-14H3,(H,85,98)(H,86,99)(H,88,97)(H,89,95)(H,90,101)(H3,83,84,104)/t42-,43+,46?,48-,49-,50?,51+,52?,60-,61-,62-,63-,64+,69?/m0/s1. The quantitative estimate of drug-likeness (QED) is 0.00537. The number of likely N-dealkylation sites (N-methyl/N-ethyl adjacent to an activating group) is 2. The highest BCUT2D eigenvalue weighted by Gasteiger charge is 2.52. The average Bonchev–Trinajstić information content (AvgIpc) is 1.79. The van der Waals surface area contributed by atoms with Crippen molar-refractivity contribution in [2.75, 3.05) is 66.9 Å². The van der Waals surface area contributed by atoms with Crippen molar-refractivity contribution in [2.45, 2.75) is 206 Å². The number of carbonyl (C=O) groups excluding carboxylic acids is 9. The third-order valence-electron chi connectivity index (χ3n) is 19.9. The van der Waals surface area contributed by atoms with E-state index >= 15 is 0 Å². The van der Waals surface area contributed by atoms with Crippen LogP contribution in [0.25, 0.3) is 0 Å². The number of likely N-dealkylation sites (tertiary alicyclic amines) is 2. The van der Waals surface area contributed by atoms with Crippen LogP contribution >= 0.6 is 0 Å². The van der Waals surface area contributed by atoms with Crippen molar-refractivity contribution in [3.63, 3.8) is 0 Å². The number of methoxy groups -OCH3 is 2. The number of aliphatic hydroxyl groups excluding tert-OH is 1. The van der Waals surface area contributed by atoms with Crippen LogP contribution < -0.4 is 47.7 Å². The van der Waals surface area contributed by atoms with Gasteiger partial charge in [-0.05, 0) is 106 Å². The minimum atomic E-state index is -4.97. The first-order chi connectivity index (χ1) is 50.3. The van der Waals surface area contributed by atoms with E-state index in [0.29, 0.717) is 31.4 Å². The minimum absolute atomic E-state index is 0.0121. The predicted octanol–water partition coefficient (Wildman–Crippen LogP) is 6.82. The van der Waals surface area contributed by atoms with Gasteiger partial charge in [-0.3, -0.25) is 53.5 Å². The first-order valence-electron chi connectivity index (χ1n) is 36.2. The Morgan fingerprint density at radius 3 is 1.90 bits per heavy atom. The van der Waals surface area contributed by atoms with E-state index in [2.05, 4.69) is 42.0 Å². The van der Waals surface area contributed by atoms with Crippen molar-refractivity contribution in [3.05, 3.63) is 94.8 Å². The number of rotatable bonds is 40. The van der Waals surface area contributed by atoms with Crippen LogP contribution in [0, 0.1) is 64.6 Å². The lowest BCUT2D eigenvalue weighted by Gasteiger charge is -2.41. The molecule has 0 spiro atoms. The zero-order valence-corrected chi connectivity index (χ0v) is 63.4. The molecule has 2 fully saturated rings. The molecule has 3 aromatic carbocycles. The molecule has 598 valence electrons. The van der Waals surface area contributed by atoms with Crippen molar-refractivity contribution in [1.29, 1.82) is 0 Å². The Labute approximate surface area is 620 Å². The number of amides is 9. The van der Waals surface area contributed by atoms with Gasteiger partial charge < -0.3 is 66.8 Å². The molecule has 4 unspecified atom stereocenters. The number of carbonyl (C=O) groups is 9. The van der Waals surface area contributed by atoms with Crippen LogP contribution in [0.3, 0.4) is 0 Å². The summed E-state index contributed by atoms with van der Waals surface area (Å²) in [7, 11) is 8.27. The van der Waals surface area contributed by atoms with Crippen molar-refractivity contribution < 1.29 is 97.6 Å². The van der Waals surface area contributed by atoms with E-state index < -0.39 is 187 Å². The van der Waals surface area contributed by atoms with Gasteiger partial charge in [-0.1, -0.05) is 111 Å². The molecule has 0 saturated carbocycles. The zero-order chi connectivity index (χ0) is 80.1. The summed E-state index contributed by atoms with van der Waals surface area (Å²) >= 11 is 0. The summed E-state index contributed by atoms with van der Waals surface area (Å²) in [5.41, 5.74) is 6.84. The van der Waals surface area contributed by atoms with Gasteiger partial charge in [0.05, 0.1) is 60.7 Å². The van der Waals surface area contributed by atoms with Crippen molar-refractivity contribution in [1.82, 2.24) is 51.5 Å². The molecule has 0 bridgehead atoms. The van der Waals surface area contributed by atoms with Crippen LogP contribution in [0.15, 0.2) is 54.6 Å². The highest BCUT2D eigenvalue weighted by Crippen LogP contribution is 2.38. The Bertz CT molecular complexity index is 3440. The molecule has 9 amide bonds. The molecule has 10 N–H and O–H groups in total. The zero-order valence-electron chi connectivity index (χ0n) is 63.4. The summed E-state index contributed by atoms with van der Waals surface area (Å²) in [6.45, 7) is 15.7. The topological polar surface area (TPSA) is 325 Å². The number of primary amides is 1. The molecule has 2 aliphatic heterocycles. The first kappa shape index (κ1) is 89.5. The van der Waals surface area contributed by atoms with E-state index in [9.17, 15) is 83.4 Å². The summed E-state index contributed by atoms with van der Waals surface area (Å²) < 4.78 is 129. The smallest absolute Gasteiger partial charge is 0.404 e. The van der Waals surface area contributed by atoms with Crippen molar-refractivity contribution >= 4 is 59.0 Å². The summed E-state index contributed by atoms with van der Waals surface area (Å²) in [5, 5.41) is 31.1. The second kappa shape index (κ2) is 41.5. The summed E-state index contributed by atoms with van der Waals surface area (Å²) in [6.07, 6.45) is -8.00. The Morgan fingerprint density at radius 1 is 0.720 bits per heavy atom. The Morgan fingerprint density at radius 2 is 1.35 bits per heavy atom. The maximum Gasteiger partial charge on any atom is 0.404 e. The van der Waals surface area contributed by atoms with Crippen LogP contribution in [-0.4, -0.2) is 213 Å². The number of hydrogen-bond acceptors (Lipinski definition) is 16. The molecule has 25 nitrogen and oxygen atoms in total. The maximum atomic E-state index is 14.7. The fourth-order valence-electron chi connectivity index (χ4n) is 14.0. The number of nitrogens with one attached hydrogen (secondary N) is 7. The van der Waals surface area contributed by atoms with Gasteiger partial charge in [-0.15, -0.1) is 0 Å². The minimum Gasteiger partial charge on any atom is -0.420 e. The number of nitrogens with two attached hydrogens (primary N) is 1. The number of urea groups is 1. The Kier molecular flexibility index (Phi) is 34.7. The highest BCUT2D eigenvalue weighted by molar-refractivity contribution is 5.95. The third-order valence-corrected chi connectivity index (χ3v) is 19.9. The predicted molar refractivity (Wildman–Crippen MR) is 381 cm³/mol. The van der Waals surface area contributed by atoms with Crippen LogP contribution in [0.1, 0.15) is 131 Å². The molecular formula is C74H108F8N12O13. The van der Waals surface area contributed by atoms with E-state index in [1.807, 2.05) is 78.7 Å². The Hall–Kier alpha value is -8.11. The molecular weight excluding hydrogens is 1420 g/mol. The fourth-order valence-corrected chi connectivity index (χ4v) is 14.0. The average molecular weight is 1530 g/mol. The van der Waals surface area contributed by atoms with Gasteiger partial charge in [0.15, 0.2) is 0 Å². The molecule has 33 heteroatoms. The molecule has 0 aromatic heterocycles. The molecule has 2 heterocycles. The molecule has 2 saturated heterocycles. The van der Waals surface area contributed by atoms with Crippen LogP contribution in [0.2, 0.25) is 0 Å². The number of hydrogen-bond donors (Lipinski definition) is 9. The monoisotopic (exact) mass is 1520 g/mol. The van der Waals surface area contributed by atoms with Gasteiger partial charge in [0.2, 0.25) is 76.2 Å². The van der Waals surface area contributed by atoms with E-state index in [4.69, 9.17) is 15.2 Å². The van der Waals surface area contributed by atoms with Crippen LogP contribution in [0.4, 0.5) is 45.6 Å². The van der Waals surface area contributed by atoms with E-state index in [0.717, 1.165) is 10.5 Å². The molecule has 3 aromatic rings. The van der Waals surface area contributed by atoms with Gasteiger partial charge in [0.25, 0.3) is 0 Å². The lowest BCUT2D eigenvalue weighted by Crippen LogP contribution is -2.59. The number of nitrogens with zero attached hydrogens (tertiary/aromatic N) is 4. The number of alkyl halides is 3. The van der Waals surface area contributed by atoms with Gasteiger partial charge in [0.1, 0.15) is 24.4 Å². The number of aliphatic hydroxyl groups is 1. The van der Waals surface area contributed by atoms with Gasteiger partial charge >= 0.3 is 18.2 Å². The lowest BCUT2D eigenvalue weighted by molar-refractivity contribution is -0.176. The second-order valence-electron chi connectivity index (χ2n) is 29.0. The number of halogens is 8. The van der Waals surface area contributed by atoms with E-state index in [-0.39, 0.29) is 86.4 Å². The molecule has 14 atom stereocenters. The van der Waals surface area contributed by atoms with Crippen LogP contribution in [0.5, 0.6) is 5.75 Å². The number of ether oxygens (including phenoxy) is 3. The van der Waals surface area contributed by atoms with Crippen molar-refractivity contribution in [3.8, 4) is 5.75 Å². The summed E-state index contributed by atoms with van der Waals surface area (Å²) in [6, 6.07) is 6.34. The van der Waals surface area contributed by atoms with Crippen molar-refractivity contribution in [2.24, 2.45) is 41.2 Å². The first-order valence-corrected chi connectivity index (χ1v) is 36.2. The second-order valence-corrected chi connectivity index (χ2v) is 29.0. The van der Waals surface area contributed by atoms with E-state index in [1.165, 1.54) is 14.2 Å². The van der Waals surface area contributed by atoms with Gasteiger partial charge in [-0.2, -0.15) is 22.0 Å². The van der Waals surface area contributed by atoms with E-state index in [1.54, 1.807) is 74.0 Å². The third kappa shape index (κ3) is 25.0. The normalized spacial score (nSPS) is 18.7. The number of benzene rings is 3. The molecule has 0 radical (unpaired) electrons. The molecule has 107 heavy (non-hydrogen) atoms. The Balaban J connectivity index is 1.22. The summed E-state index contributed by atoms with van der Waals surface area (Å²) in [5.74, 6) is -23.0. The number of anilines is 1. The lowest BCUT2D eigenvalue weighted by atomic mass is 9.89. The number of esters is 1. The van der Waals surface area contributed by atoms with Gasteiger partial charge in [0, 0.05) is 66.0 Å². The summed E-state index contributed by atoms with van der Waals surface area (Å²) in [4.78, 5) is 129. The SMILES string of the molecule is CC[C@H](C)[C@@H]([C@@H](CC(=O)N1CCCC1[C@H](OC)[C@@H](C)C(=O)N[C@@H](Cc1ccccc1)C(=O)NCc1ccc(NC(=O)[C@H](CCCNC(N)=O)NC(O)[C@@H](NC(=O)CCCN2CC(C(=O)Oc3c(F)c(F)c(F)c(F)c3F)CC2C(F)(F)F)C(C)C)cc1)OC)N(C)C(=O)[C@@H](NC(=O)[C@H](C(C)C)N(C)C)C(C)C. The molecule has 2 aliphatic rings. The maximum absolute atomic E-state index is 14.7. The molecule has 0 aliphatic carbocycles. The fraction of sp³-hybridized carbons (Fsp3) is 0.635. The molecule has 5 rings (SSSR count). The van der Waals surface area contributed by atoms with Gasteiger partial charge in [-0.25, -0.2) is 18.0 Å². The van der Waals surface area contributed by atoms with Crippen LogP contribution in [-0.2, 0) is 60.8 Å². The highest BCUT2D eigenvalue weighted by atomic mass is 19.4. The largest absolute Gasteiger partial charge is 0.420 e.